The van der Waals surface area contributed by atoms with Crippen LogP contribution in [0.5, 0.6) is 0 Å². The number of benzene rings is 1. The molecule has 0 radical (unpaired) electrons. The van der Waals surface area contributed by atoms with Crippen molar-refractivity contribution in [3.8, 4) is 0 Å². The van der Waals surface area contributed by atoms with E-state index in [1.54, 1.807) is 12.1 Å². The van der Waals surface area contributed by atoms with Gasteiger partial charge < -0.3 is 0 Å². The SMILES string of the molecule is O=C(CCc1ccc(F)cc1)Cc1noc(=O)[nH]1. The van der Waals surface area contributed by atoms with E-state index < -0.39 is 5.76 Å². The van der Waals surface area contributed by atoms with Crippen LogP contribution in [0.1, 0.15) is 17.8 Å². The van der Waals surface area contributed by atoms with E-state index in [4.69, 9.17) is 0 Å². The summed E-state index contributed by atoms with van der Waals surface area (Å²) >= 11 is 0. The Morgan fingerprint density at radius 2 is 2.06 bits per heavy atom. The molecule has 94 valence electrons. The molecular formula is C12H11FN2O3. The van der Waals surface area contributed by atoms with Gasteiger partial charge in [0.15, 0.2) is 5.82 Å². The molecule has 0 aliphatic rings. The number of hydrogen-bond donors (Lipinski definition) is 1. The molecule has 0 atom stereocenters. The van der Waals surface area contributed by atoms with E-state index in [-0.39, 0.29) is 23.8 Å². The Balaban J connectivity index is 1.85. The van der Waals surface area contributed by atoms with Crippen LogP contribution in [0.4, 0.5) is 4.39 Å². The molecule has 0 aliphatic heterocycles. The molecule has 0 aliphatic carbocycles. The first kappa shape index (κ1) is 12.2. The normalized spacial score (nSPS) is 10.5. The molecule has 5 nitrogen and oxygen atoms in total. The van der Waals surface area contributed by atoms with Crippen molar-refractivity contribution in [3.05, 3.63) is 52.0 Å². The number of aromatic amines is 1. The summed E-state index contributed by atoms with van der Waals surface area (Å²) in [6, 6.07) is 5.99. The minimum Gasteiger partial charge on any atom is -0.299 e. The quantitative estimate of drug-likeness (QED) is 0.866. The molecule has 0 unspecified atom stereocenters. The number of H-pyrrole nitrogens is 1. The van der Waals surface area contributed by atoms with Crippen molar-refractivity contribution < 1.29 is 13.7 Å². The zero-order valence-corrected chi connectivity index (χ0v) is 9.48. The average Bonchev–Trinajstić information content (AvgIpc) is 2.74. The third-order valence-corrected chi connectivity index (χ3v) is 2.46. The van der Waals surface area contributed by atoms with E-state index in [1.807, 2.05) is 0 Å². The highest BCUT2D eigenvalue weighted by Crippen LogP contribution is 2.06. The molecule has 0 amide bonds. The van der Waals surface area contributed by atoms with Crippen LogP contribution in [0.2, 0.25) is 0 Å². The number of Topliss-reactive ketones (excluding diaryl/α,β-unsaturated/α-hetero) is 1. The number of hydrogen-bond acceptors (Lipinski definition) is 4. The standard InChI is InChI=1S/C12H11FN2O3/c13-9-4-1-8(2-5-9)3-6-10(16)7-11-14-12(17)18-15-11/h1-2,4-5H,3,6-7H2,(H,14,15,17). The van der Waals surface area contributed by atoms with Gasteiger partial charge in [-0.15, -0.1) is 0 Å². The second-order valence-corrected chi connectivity index (χ2v) is 3.88. The Hall–Kier alpha value is -2.24. The minimum atomic E-state index is -0.670. The Labute approximate surface area is 102 Å². The molecule has 1 aromatic carbocycles. The van der Waals surface area contributed by atoms with Gasteiger partial charge in [-0.2, -0.15) is 0 Å². The van der Waals surface area contributed by atoms with E-state index >= 15 is 0 Å². The van der Waals surface area contributed by atoms with Crippen LogP contribution in [-0.2, 0) is 17.6 Å². The Morgan fingerprint density at radius 3 is 2.67 bits per heavy atom. The van der Waals surface area contributed by atoms with Gasteiger partial charge in [0, 0.05) is 6.42 Å². The predicted octanol–water partition coefficient (Wildman–Crippen LogP) is 1.25. The number of carbonyl (C=O) groups is 1. The van der Waals surface area contributed by atoms with Gasteiger partial charge in [0.2, 0.25) is 0 Å². The lowest BCUT2D eigenvalue weighted by molar-refractivity contribution is -0.118. The summed E-state index contributed by atoms with van der Waals surface area (Å²) in [4.78, 5) is 24.5. The third-order valence-electron chi connectivity index (χ3n) is 2.46. The first-order chi connectivity index (χ1) is 8.63. The molecule has 0 saturated carbocycles. The number of aryl methyl sites for hydroxylation is 1. The van der Waals surface area contributed by atoms with E-state index in [0.717, 1.165) is 5.56 Å². The molecular weight excluding hydrogens is 239 g/mol. The largest absolute Gasteiger partial charge is 0.438 e. The summed E-state index contributed by atoms with van der Waals surface area (Å²) in [5.74, 6) is -0.811. The lowest BCUT2D eigenvalue weighted by Gasteiger charge is -2.00. The summed E-state index contributed by atoms with van der Waals surface area (Å²) in [6.45, 7) is 0. The summed E-state index contributed by atoms with van der Waals surface area (Å²) in [7, 11) is 0. The van der Waals surface area contributed by atoms with E-state index in [9.17, 15) is 14.0 Å². The molecule has 0 spiro atoms. The molecule has 0 fully saturated rings. The molecule has 2 aromatic rings. The smallest absolute Gasteiger partial charge is 0.299 e. The van der Waals surface area contributed by atoms with Crippen molar-refractivity contribution >= 4 is 5.78 Å². The van der Waals surface area contributed by atoms with Gasteiger partial charge in [-0.1, -0.05) is 17.3 Å². The summed E-state index contributed by atoms with van der Waals surface area (Å²) in [5, 5.41) is 3.41. The van der Waals surface area contributed by atoms with E-state index in [0.29, 0.717) is 12.8 Å². The van der Waals surface area contributed by atoms with Gasteiger partial charge in [-0.3, -0.25) is 14.3 Å². The highest BCUT2D eigenvalue weighted by molar-refractivity contribution is 5.80. The van der Waals surface area contributed by atoms with Crippen molar-refractivity contribution in [2.75, 3.05) is 0 Å². The number of nitrogens with one attached hydrogen (secondary N) is 1. The third kappa shape index (κ3) is 3.38. The zero-order chi connectivity index (χ0) is 13.0. The van der Waals surface area contributed by atoms with Crippen LogP contribution in [0.25, 0.3) is 0 Å². The number of rotatable bonds is 5. The first-order valence-electron chi connectivity index (χ1n) is 5.44. The van der Waals surface area contributed by atoms with Gasteiger partial charge >= 0.3 is 5.76 Å². The Morgan fingerprint density at radius 1 is 1.33 bits per heavy atom. The maximum absolute atomic E-state index is 12.7. The number of ketones is 1. The molecule has 0 saturated heterocycles. The first-order valence-corrected chi connectivity index (χ1v) is 5.44. The lowest BCUT2D eigenvalue weighted by Crippen LogP contribution is -2.07. The molecule has 0 bridgehead atoms. The summed E-state index contributed by atoms with van der Waals surface area (Å²) in [6.07, 6.45) is 0.870. The van der Waals surface area contributed by atoms with Crippen LogP contribution in [0, 0.1) is 5.82 Å². The number of nitrogens with zero attached hydrogens (tertiary/aromatic N) is 1. The van der Waals surface area contributed by atoms with Crippen LogP contribution in [0.15, 0.2) is 33.6 Å². The van der Waals surface area contributed by atoms with Gasteiger partial charge in [0.25, 0.3) is 0 Å². The number of halogens is 1. The van der Waals surface area contributed by atoms with Gasteiger partial charge in [-0.05, 0) is 24.1 Å². The monoisotopic (exact) mass is 250 g/mol. The second kappa shape index (κ2) is 5.39. The summed E-state index contributed by atoms with van der Waals surface area (Å²) < 4.78 is 16.9. The van der Waals surface area contributed by atoms with Gasteiger partial charge in [0.1, 0.15) is 11.6 Å². The number of carbonyl (C=O) groups excluding carboxylic acids is 1. The van der Waals surface area contributed by atoms with Crippen LogP contribution < -0.4 is 5.76 Å². The fourth-order valence-corrected chi connectivity index (χ4v) is 1.55. The topological polar surface area (TPSA) is 76.0 Å². The second-order valence-electron chi connectivity index (χ2n) is 3.88. The van der Waals surface area contributed by atoms with Crippen molar-refractivity contribution in [3.63, 3.8) is 0 Å². The fourth-order valence-electron chi connectivity index (χ4n) is 1.55. The molecule has 1 aromatic heterocycles. The van der Waals surface area contributed by atoms with E-state index in [2.05, 4.69) is 14.7 Å². The highest BCUT2D eigenvalue weighted by atomic mass is 19.1. The molecule has 1 heterocycles. The fraction of sp³-hybridized carbons (Fsp3) is 0.250. The van der Waals surface area contributed by atoms with Crippen molar-refractivity contribution in [1.29, 1.82) is 0 Å². The van der Waals surface area contributed by atoms with Crippen LogP contribution >= 0.6 is 0 Å². The van der Waals surface area contributed by atoms with Crippen molar-refractivity contribution in [2.45, 2.75) is 19.3 Å². The van der Waals surface area contributed by atoms with Crippen LogP contribution in [-0.4, -0.2) is 15.9 Å². The molecule has 18 heavy (non-hydrogen) atoms. The Kier molecular flexibility index (Phi) is 3.66. The van der Waals surface area contributed by atoms with E-state index in [1.165, 1.54) is 12.1 Å². The van der Waals surface area contributed by atoms with Crippen molar-refractivity contribution in [1.82, 2.24) is 10.1 Å². The molecule has 6 heteroatoms. The van der Waals surface area contributed by atoms with Gasteiger partial charge in [0.05, 0.1) is 6.42 Å². The molecule has 2 rings (SSSR count). The maximum Gasteiger partial charge on any atom is 0.438 e. The zero-order valence-electron chi connectivity index (χ0n) is 9.48. The average molecular weight is 250 g/mol. The minimum absolute atomic E-state index is 0.0347. The maximum atomic E-state index is 12.7. The predicted molar refractivity (Wildman–Crippen MR) is 60.6 cm³/mol. The van der Waals surface area contributed by atoms with Crippen molar-refractivity contribution in [2.24, 2.45) is 0 Å². The van der Waals surface area contributed by atoms with Crippen LogP contribution in [0.3, 0.4) is 0 Å². The van der Waals surface area contributed by atoms with Gasteiger partial charge in [-0.25, -0.2) is 9.18 Å². The Bertz CT molecular complexity index is 586. The molecule has 1 N–H and O–H groups in total. The lowest BCUT2D eigenvalue weighted by atomic mass is 10.1. The number of aromatic nitrogens is 2. The highest BCUT2D eigenvalue weighted by Gasteiger charge is 2.08. The summed E-state index contributed by atoms with van der Waals surface area (Å²) in [5.41, 5.74) is 0.887.